The van der Waals surface area contributed by atoms with Gasteiger partial charge in [0.1, 0.15) is 0 Å². The molecule has 0 amide bonds. The van der Waals surface area contributed by atoms with Crippen molar-refractivity contribution >= 4 is 140 Å². The zero-order chi connectivity index (χ0) is 61.8. The Bertz CT molecular complexity index is 5320. The minimum atomic E-state index is -3.51. The molecule has 13 aromatic carbocycles. The van der Waals surface area contributed by atoms with Gasteiger partial charge in [0, 0.05) is 66.4 Å². The number of anilines is 3. The van der Waals surface area contributed by atoms with Gasteiger partial charge in [-0.05, 0) is 154 Å². The van der Waals surface area contributed by atoms with Crippen LogP contribution in [0.3, 0.4) is 0 Å². The largest absolute Gasteiger partial charge is 0.311 e. The van der Waals surface area contributed by atoms with E-state index in [9.17, 15) is 0 Å². The first kappa shape index (κ1) is 54.4. The Morgan fingerprint density at radius 2 is 0.587 bits per heavy atom. The van der Waals surface area contributed by atoms with Crippen molar-refractivity contribution in [3.63, 3.8) is 0 Å². The van der Waals surface area contributed by atoms with Crippen LogP contribution in [0.1, 0.15) is 52.7 Å². The van der Waals surface area contributed by atoms with Crippen LogP contribution in [0, 0.1) is 0 Å². The molecule has 0 aliphatic carbocycles. The highest BCUT2D eigenvalue weighted by Gasteiger charge is 2.56. The Morgan fingerprint density at radius 3 is 1.04 bits per heavy atom. The molecule has 16 aromatic rings. The van der Waals surface area contributed by atoms with E-state index in [1.165, 1.54) is 135 Å². The summed E-state index contributed by atoms with van der Waals surface area (Å²) in [5.74, 6) is 0. The first-order valence-corrected chi connectivity index (χ1v) is 36.5. The molecule has 0 spiro atoms. The van der Waals surface area contributed by atoms with Gasteiger partial charge >= 0.3 is 0 Å². The molecular weight excluding hydrogens is 1150 g/mol. The fourth-order valence-electron chi connectivity index (χ4n) is 16.5. The first-order valence-electron chi connectivity index (χ1n) is 32.5. The van der Waals surface area contributed by atoms with Crippen molar-refractivity contribution in [3.05, 3.63) is 314 Å². The molecule has 0 fully saturated rings. The van der Waals surface area contributed by atoms with Crippen LogP contribution in [0.4, 0.5) is 17.1 Å². The molecule has 0 N–H and O–H groups in total. The van der Waals surface area contributed by atoms with Gasteiger partial charge in [-0.25, -0.2) is 0 Å². The van der Waals surface area contributed by atoms with Crippen LogP contribution in [-0.2, 0) is 10.8 Å². The molecular formula is C86H68N4Si2. The van der Waals surface area contributed by atoms with Crippen molar-refractivity contribution in [1.29, 1.82) is 0 Å². The normalized spacial score (nSPS) is 14.1. The van der Waals surface area contributed by atoms with Crippen molar-refractivity contribution in [2.24, 2.45) is 0 Å². The highest BCUT2D eigenvalue weighted by atomic mass is 28.3. The summed E-state index contributed by atoms with van der Waals surface area (Å²) in [6.07, 6.45) is 0. The molecule has 5 heterocycles. The van der Waals surface area contributed by atoms with Crippen molar-refractivity contribution in [2.75, 3.05) is 4.90 Å². The standard InChI is InChI=1S/C86H68N4Si2/c1-85(2,3)57-46-49-76-70(52-57)71-53-58(86(4,5)6)47-50-77(71)89(76)61-48-51-81-79(56-61)90-78-42-21-22-43-80(78)92(64-32-23-26-59(54-64)87-72-38-17-13-34-66(72)67-35-14-18-39-73(67)87,65-33-24-27-60(55-65)88-74-40-19-15-36-68(74)69-37-16-20-41-75(69)88)83-45-25-44-82(84(83)90)91(81,62-28-9-7-10-29-62)63-30-11-8-12-31-63/h7-56H,1-6H3. The summed E-state index contributed by atoms with van der Waals surface area (Å²) >= 11 is 0. The number of benzene rings is 13. The summed E-state index contributed by atoms with van der Waals surface area (Å²) in [4.78, 5) is 2.73. The van der Waals surface area contributed by atoms with Crippen LogP contribution in [0.25, 0.3) is 82.5 Å². The number of hydrogen-bond acceptors (Lipinski definition) is 1. The third kappa shape index (κ3) is 7.62. The number of para-hydroxylation sites is 6. The SMILES string of the molecule is CC(C)(C)c1ccc2c(c1)c1cc(C(C)(C)C)ccc1n2-c1ccc2c(c1)N1c3ccccc3[Si](c3cccc(-n4c5ccccc5c5ccccc54)c3)(c3cccc(-n4c5ccccc5c5ccccc54)c3)c3cccc(c31)[Si]2(c1ccccc1)c1ccccc1. The second-order valence-corrected chi connectivity index (χ2v) is 35.1. The molecule has 0 saturated carbocycles. The van der Waals surface area contributed by atoms with Gasteiger partial charge in [0.2, 0.25) is 0 Å². The van der Waals surface area contributed by atoms with Gasteiger partial charge in [0.25, 0.3) is 0 Å². The molecule has 0 radical (unpaired) electrons. The van der Waals surface area contributed by atoms with Gasteiger partial charge in [-0.15, -0.1) is 0 Å². The molecule has 92 heavy (non-hydrogen) atoms. The highest BCUT2D eigenvalue weighted by molar-refractivity contribution is 7.24. The number of aromatic nitrogens is 3. The minimum Gasteiger partial charge on any atom is -0.311 e. The maximum Gasteiger partial charge on any atom is 0.184 e. The lowest BCUT2D eigenvalue weighted by atomic mass is 9.85. The fraction of sp³-hybridized carbons (Fsp3) is 0.0930. The minimum absolute atomic E-state index is 0.0249. The highest BCUT2D eigenvalue weighted by Crippen LogP contribution is 2.45. The summed E-state index contributed by atoms with van der Waals surface area (Å²) < 4.78 is 7.58. The zero-order valence-corrected chi connectivity index (χ0v) is 54.7. The van der Waals surface area contributed by atoms with E-state index in [0.29, 0.717) is 0 Å². The van der Waals surface area contributed by atoms with E-state index in [1.807, 2.05) is 0 Å². The molecule has 0 atom stereocenters. The maximum absolute atomic E-state index is 3.51. The molecule has 0 saturated heterocycles. The Balaban J connectivity index is 0.981. The second-order valence-electron chi connectivity index (χ2n) is 27.6. The lowest BCUT2D eigenvalue weighted by Crippen LogP contribution is -2.82. The van der Waals surface area contributed by atoms with Gasteiger partial charge in [-0.3, -0.25) is 0 Å². The van der Waals surface area contributed by atoms with E-state index in [4.69, 9.17) is 0 Å². The molecule has 4 nitrogen and oxygen atoms in total. The maximum atomic E-state index is 2.73. The third-order valence-electron chi connectivity index (χ3n) is 20.6. The van der Waals surface area contributed by atoms with E-state index < -0.39 is 16.1 Å². The lowest BCUT2D eigenvalue weighted by molar-refractivity contribution is 0.590. The van der Waals surface area contributed by atoms with Gasteiger partial charge in [0.05, 0.1) is 33.1 Å². The van der Waals surface area contributed by atoms with Crippen LogP contribution in [0.2, 0.25) is 0 Å². The van der Waals surface area contributed by atoms with Gasteiger partial charge in [-0.1, -0.05) is 254 Å². The van der Waals surface area contributed by atoms with E-state index in [-0.39, 0.29) is 10.8 Å². The van der Waals surface area contributed by atoms with Crippen LogP contribution >= 0.6 is 0 Å². The molecule has 2 aliphatic rings. The summed E-state index contributed by atoms with van der Waals surface area (Å²) in [5, 5.41) is 18.5. The molecule has 18 rings (SSSR count). The average molecular weight is 1210 g/mol. The van der Waals surface area contributed by atoms with Crippen LogP contribution < -0.4 is 46.4 Å². The zero-order valence-electron chi connectivity index (χ0n) is 52.7. The Morgan fingerprint density at radius 1 is 0.239 bits per heavy atom. The Kier molecular flexibility index (Phi) is 11.8. The molecule has 0 bridgehead atoms. The summed E-state index contributed by atoms with van der Waals surface area (Å²) in [6, 6.07) is 118. The smallest absolute Gasteiger partial charge is 0.184 e. The Hall–Kier alpha value is -10.5. The predicted molar refractivity (Wildman–Crippen MR) is 396 cm³/mol. The van der Waals surface area contributed by atoms with Gasteiger partial charge in [0.15, 0.2) is 16.1 Å². The van der Waals surface area contributed by atoms with Crippen molar-refractivity contribution in [2.45, 2.75) is 52.4 Å². The molecule has 0 unspecified atom stereocenters. The summed E-state index contributed by atoms with van der Waals surface area (Å²) in [6.45, 7) is 14.0. The predicted octanol–water partition coefficient (Wildman–Crippen LogP) is 16.4. The van der Waals surface area contributed by atoms with Gasteiger partial charge in [-0.2, -0.15) is 0 Å². The molecule has 3 aromatic heterocycles. The number of hydrogen-bond donors (Lipinski definition) is 0. The average Bonchev–Trinajstić information content (AvgIpc) is 0.728. The summed E-state index contributed by atoms with van der Waals surface area (Å²) in [7, 11) is -6.77. The van der Waals surface area contributed by atoms with E-state index in [0.717, 1.165) is 17.1 Å². The third-order valence-corrected chi connectivity index (χ3v) is 30.3. The van der Waals surface area contributed by atoms with E-state index in [2.05, 4.69) is 363 Å². The van der Waals surface area contributed by atoms with Crippen molar-refractivity contribution in [3.8, 4) is 17.1 Å². The van der Waals surface area contributed by atoms with Gasteiger partial charge < -0.3 is 18.6 Å². The number of nitrogens with zero attached hydrogens (tertiary/aromatic N) is 4. The molecule has 440 valence electrons. The topological polar surface area (TPSA) is 18.0 Å². The number of fused-ring (bicyclic) bond motifs is 13. The first-order chi connectivity index (χ1) is 44.9. The number of rotatable bonds is 7. The quantitative estimate of drug-likeness (QED) is 0.145. The molecule has 2 aliphatic heterocycles. The van der Waals surface area contributed by atoms with Crippen LogP contribution in [0.15, 0.2) is 303 Å². The summed E-state index contributed by atoms with van der Waals surface area (Å²) in [5.41, 5.74) is 17.0. The van der Waals surface area contributed by atoms with E-state index >= 15 is 0 Å². The van der Waals surface area contributed by atoms with Crippen LogP contribution in [0.5, 0.6) is 0 Å². The fourth-order valence-corrected chi connectivity index (χ4v) is 26.9. The lowest BCUT2D eigenvalue weighted by Gasteiger charge is -2.52. The Labute approximate surface area is 539 Å². The van der Waals surface area contributed by atoms with E-state index in [1.54, 1.807) is 0 Å². The van der Waals surface area contributed by atoms with Crippen molar-refractivity contribution < 1.29 is 0 Å². The van der Waals surface area contributed by atoms with Crippen LogP contribution in [-0.4, -0.2) is 29.8 Å². The van der Waals surface area contributed by atoms with Crippen molar-refractivity contribution in [1.82, 2.24) is 13.7 Å². The monoisotopic (exact) mass is 1210 g/mol. The second kappa shape index (κ2) is 20.0. The molecule has 6 heteroatoms.